The van der Waals surface area contributed by atoms with Gasteiger partial charge in [0, 0.05) is 28.7 Å². The van der Waals surface area contributed by atoms with E-state index in [2.05, 4.69) is 56.7 Å². The Labute approximate surface area is 154 Å². The molecule has 0 saturated heterocycles. The van der Waals surface area contributed by atoms with Crippen LogP contribution in [0.25, 0.3) is 10.9 Å². The number of nitrogens with zero attached hydrogens (tertiary/aromatic N) is 3. The lowest BCUT2D eigenvalue weighted by Gasteiger charge is -2.07. The number of para-hydroxylation sites is 1. The number of fused-ring (bicyclic) bond motifs is 1. The summed E-state index contributed by atoms with van der Waals surface area (Å²) in [6.07, 6.45) is 3.79. The summed E-state index contributed by atoms with van der Waals surface area (Å²) in [5.74, 6) is 0. The fraction of sp³-hybridized carbons (Fsp3) is 0.111. The molecule has 2 aromatic heterocycles. The van der Waals surface area contributed by atoms with Crippen LogP contribution >= 0.6 is 23.8 Å². The molecule has 4 rings (SSSR count). The molecule has 0 aliphatic carbocycles. The van der Waals surface area contributed by atoms with Crippen molar-refractivity contribution in [2.75, 3.05) is 5.43 Å². The minimum absolute atomic E-state index is 0.541. The molecule has 5 nitrogen and oxygen atoms in total. The van der Waals surface area contributed by atoms with Gasteiger partial charge in [0.1, 0.15) is 6.33 Å². The van der Waals surface area contributed by atoms with E-state index in [1.54, 1.807) is 11.0 Å². The smallest absolute Gasteiger partial charge is 0.214 e. The maximum absolute atomic E-state index is 6.33. The van der Waals surface area contributed by atoms with Gasteiger partial charge >= 0.3 is 0 Å². The number of halogens is 1. The zero-order chi connectivity index (χ0) is 17.2. The Hall–Kier alpha value is -2.57. The van der Waals surface area contributed by atoms with E-state index in [1.807, 2.05) is 18.2 Å². The molecule has 0 radical (unpaired) electrons. The molecule has 126 valence electrons. The van der Waals surface area contributed by atoms with E-state index in [-0.39, 0.29) is 0 Å². The van der Waals surface area contributed by atoms with E-state index >= 15 is 0 Å². The number of hydrogen-bond acceptors (Lipinski definition) is 3. The van der Waals surface area contributed by atoms with Crippen molar-refractivity contribution in [3.8, 4) is 0 Å². The SMILES string of the molecule is S=c1[nH]ncn1NCc1cn(Cc2ccccc2Cl)c2ccccc12. The summed E-state index contributed by atoms with van der Waals surface area (Å²) in [5, 5.41) is 8.64. The second-order valence-corrected chi connectivity index (χ2v) is 6.55. The van der Waals surface area contributed by atoms with Crippen molar-refractivity contribution >= 4 is 34.7 Å². The van der Waals surface area contributed by atoms with Crippen molar-refractivity contribution in [3.63, 3.8) is 0 Å². The highest BCUT2D eigenvalue weighted by atomic mass is 35.5. The topological polar surface area (TPSA) is 50.6 Å². The quantitative estimate of drug-likeness (QED) is 0.514. The predicted molar refractivity (Wildman–Crippen MR) is 103 cm³/mol. The van der Waals surface area contributed by atoms with Crippen molar-refractivity contribution in [1.82, 2.24) is 19.4 Å². The largest absolute Gasteiger partial charge is 0.343 e. The van der Waals surface area contributed by atoms with Gasteiger partial charge in [0.15, 0.2) is 0 Å². The first-order valence-corrected chi connectivity index (χ1v) is 8.67. The average Bonchev–Trinajstić information content (AvgIpc) is 3.19. The zero-order valence-electron chi connectivity index (χ0n) is 13.3. The van der Waals surface area contributed by atoms with Crippen molar-refractivity contribution in [1.29, 1.82) is 0 Å². The molecule has 0 bridgehead atoms. The first-order chi connectivity index (χ1) is 12.2. The van der Waals surface area contributed by atoms with Gasteiger partial charge in [-0.3, -0.25) is 5.10 Å². The standard InChI is InChI=1S/C18H16ClN5S/c19-16-7-3-1-5-13(16)10-23-11-14(15-6-2-4-8-17(15)23)9-21-24-12-20-22-18(24)25/h1-8,11-12,21H,9-10H2,(H,22,25). The number of H-pyrrole nitrogens is 1. The molecular weight excluding hydrogens is 354 g/mol. The number of rotatable bonds is 5. The molecule has 0 spiro atoms. The summed E-state index contributed by atoms with van der Waals surface area (Å²) in [7, 11) is 0. The fourth-order valence-electron chi connectivity index (χ4n) is 2.94. The highest BCUT2D eigenvalue weighted by molar-refractivity contribution is 7.71. The molecule has 0 aliphatic rings. The molecule has 2 aromatic carbocycles. The van der Waals surface area contributed by atoms with Crippen LogP contribution in [0.15, 0.2) is 61.1 Å². The lowest BCUT2D eigenvalue weighted by molar-refractivity contribution is 0.806. The Kier molecular flexibility index (Phi) is 4.29. The molecule has 0 unspecified atom stereocenters. The van der Waals surface area contributed by atoms with Crippen LogP contribution in [0.3, 0.4) is 0 Å². The first kappa shape index (κ1) is 15.9. The third-order valence-corrected chi connectivity index (χ3v) is 4.82. The van der Waals surface area contributed by atoms with Crippen LogP contribution in [0.2, 0.25) is 5.02 Å². The van der Waals surface area contributed by atoms with Crippen LogP contribution in [-0.2, 0) is 13.1 Å². The monoisotopic (exact) mass is 369 g/mol. The van der Waals surface area contributed by atoms with Gasteiger partial charge in [-0.25, -0.2) is 4.68 Å². The van der Waals surface area contributed by atoms with Gasteiger partial charge in [0.2, 0.25) is 4.77 Å². The van der Waals surface area contributed by atoms with Crippen LogP contribution < -0.4 is 5.43 Å². The van der Waals surface area contributed by atoms with Crippen LogP contribution in [-0.4, -0.2) is 19.4 Å². The van der Waals surface area contributed by atoms with Gasteiger partial charge in [-0.1, -0.05) is 48.0 Å². The van der Waals surface area contributed by atoms with E-state index in [0.29, 0.717) is 11.3 Å². The Balaban J connectivity index is 1.68. The highest BCUT2D eigenvalue weighted by Crippen LogP contribution is 2.24. The molecule has 0 saturated carbocycles. The Morgan fingerprint density at radius 3 is 2.68 bits per heavy atom. The fourth-order valence-corrected chi connectivity index (χ4v) is 3.30. The molecule has 0 aliphatic heterocycles. The number of aromatic nitrogens is 4. The van der Waals surface area contributed by atoms with Crippen molar-refractivity contribution in [2.24, 2.45) is 0 Å². The normalized spacial score (nSPS) is 11.1. The Morgan fingerprint density at radius 2 is 1.88 bits per heavy atom. The minimum atomic E-state index is 0.541. The van der Waals surface area contributed by atoms with E-state index in [1.165, 1.54) is 16.5 Å². The molecule has 25 heavy (non-hydrogen) atoms. The van der Waals surface area contributed by atoms with Crippen molar-refractivity contribution < 1.29 is 0 Å². The molecule has 4 aromatic rings. The molecular formula is C18H16ClN5S. The average molecular weight is 370 g/mol. The van der Waals surface area contributed by atoms with Crippen LogP contribution in [0, 0.1) is 4.77 Å². The van der Waals surface area contributed by atoms with Gasteiger partial charge in [0.05, 0.1) is 6.54 Å². The second-order valence-electron chi connectivity index (χ2n) is 5.76. The van der Waals surface area contributed by atoms with Crippen molar-refractivity contribution in [3.05, 3.63) is 82.0 Å². The lowest BCUT2D eigenvalue weighted by atomic mass is 10.2. The number of aromatic amines is 1. The van der Waals surface area contributed by atoms with Crippen LogP contribution in [0.4, 0.5) is 0 Å². The summed E-state index contributed by atoms with van der Waals surface area (Å²) >= 11 is 11.5. The lowest BCUT2D eigenvalue weighted by Crippen LogP contribution is -2.13. The maximum Gasteiger partial charge on any atom is 0.214 e. The number of benzene rings is 2. The zero-order valence-corrected chi connectivity index (χ0v) is 14.9. The van der Waals surface area contributed by atoms with E-state index in [0.717, 1.165) is 17.1 Å². The maximum atomic E-state index is 6.33. The molecule has 2 heterocycles. The van der Waals surface area contributed by atoms with Crippen LogP contribution in [0.1, 0.15) is 11.1 Å². The van der Waals surface area contributed by atoms with Gasteiger partial charge in [0.25, 0.3) is 0 Å². The summed E-state index contributed by atoms with van der Waals surface area (Å²) in [4.78, 5) is 0. The minimum Gasteiger partial charge on any atom is -0.343 e. The highest BCUT2D eigenvalue weighted by Gasteiger charge is 2.10. The van der Waals surface area contributed by atoms with E-state index in [9.17, 15) is 0 Å². The Morgan fingerprint density at radius 1 is 1.08 bits per heavy atom. The Bertz CT molecular complexity index is 1080. The van der Waals surface area contributed by atoms with E-state index < -0.39 is 0 Å². The third-order valence-electron chi connectivity index (χ3n) is 4.16. The first-order valence-electron chi connectivity index (χ1n) is 7.88. The molecule has 2 N–H and O–H groups in total. The number of hydrogen-bond donors (Lipinski definition) is 2. The second kappa shape index (κ2) is 6.74. The summed E-state index contributed by atoms with van der Waals surface area (Å²) in [6.45, 7) is 1.37. The van der Waals surface area contributed by atoms with Gasteiger partial charge in [-0.05, 0) is 35.5 Å². The van der Waals surface area contributed by atoms with Gasteiger partial charge in [-0.2, -0.15) is 5.10 Å². The molecule has 7 heteroatoms. The third kappa shape index (κ3) is 3.18. The molecule has 0 fully saturated rings. The molecule has 0 atom stereocenters. The molecule has 0 amide bonds. The summed E-state index contributed by atoms with van der Waals surface area (Å²) in [6, 6.07) is 16.3. The summed E-state index contributed by atoms with van der Waals surface area (Å²) in [5.41, 5.74) is 6.73. The van der Waals surface area contributed by atoms with Crippen LogP contribution in [0.5, 0.6) is 0 Å². The van der Waals surface area contributed by atoms with Gasteiger partial charge < -0.3 is 9.99 Å². The van der Waals surface area contributed by atoms with Gasteiger partial charge in [-0.15, -0.1) is 0 Å². The summed E-state index contributed by atoms with van der Waals surface area (Å²) < 4.78 is 4.47. The van der Waals surface area contributed by atoms with Crippen molar-refractivity contribution in [2.45, 2.75) is 13.1 Å². The number of nitrogens with one attached hydrogen (secondary N) is 2. The predicted octanol–water partition coefficient (Wildman–Crippen LogP) is 4.34. The van der Waals surface area contributed by atoms with E-state index in [4.69, 9.17) is 23.8 Å².